The van der Waals surface area contributed by atoms with Gasteiger partial charge in [-0.05, 0) is 24.3 Å². The van der Waals surface area contributed by atoms with Crippen molar-refractivity contribution in [1.29, 1.82) is 0 Å². The van der Waals surface area contributed by atoms with Crippen LogP contribution in [0.5, 0.6) is 11.5 Å². The van der Waals surface area contributed by atoms with Gasteiger partial charge in [-0.2, -0.15) is 13.2 Å². The predicted molar refractivity (Wildman–Crippen MR) is 77.4 cm³/mol. The minimum absolute atomic E-state index is 0.0216. The fourth-order valence-corrected chi connectivity index (χ4v) is 2.14. The summed E-state index contributed by atoms with van der Waals surface area (Å²) in [5.41, 5.74) is 4.96. The van der Waals surface area contributed by atoms with Crippen LogP contribution in [0.25, 0.3) is 0 Å². The van der Waals surface area contributed by atoms with Crippen molar-refractivity contribution in [3.63, 3.8) is 0 Å². The van der Waals surface area contributed by atoms with Crippen molar-refractivity contribution in [2.45, 2.75) is 6.18 Å². The third-order valence-corrected chi connectivity index (χ3v) is 3.45. The van der Waals surface area contributed by atoms with E-state index >= 15 is 0 Å². The molecule has 0 fully saturated rings. The first-order valence-corrected chi connectivity index (χ1v) is 6.61. The van der Waals surface area contributed by atoms with E-state index in [2.05, 4.69) is 0 Å². The Bertz CT molecular complexity index is 689. The highest BCUT2D eigenvalue weighted by atomic mass is 35.5. The molecule has 0 saturated carbocycles. The van der Waals surface area contributed by atoms with Gasteiger partial charge in [0.1, 0.15) is 11.5 Å². The van der Waals surface area contributed by atoms with E-state index in [0.29, 0.717) is 0 Å². The highest BCUT2D eigenvalue weighted by molar-refractivity contribution is 6.37. The molecule has 0 unspecified atom stereocenters. The minimum atomic E-state index is -4.48. The third-order valence-electron chi connectivity index (χ3n) is 2.53. The summed E-state index contributed by atoms with van der Waals surface area (Å²) in [7, 11) is 0. The van der Waals surface area contributed by atoms with E-state index in [1.54, 1.807) is 0 Å². The summed E-state index contributed by atoms with van der Waals surface area (Å²) in [6.07, 6.45) is -4.48. The summed E-state index contributed by atoms with van der Waals surface area (Å²) in [5.74, 6) is 0.161. The van der Waals surface area contributed by atoms with Crippen LogP contribution in [0.3, 0.4) is 0 Å². The fourth-order valence-electron chi connectivity index (χ4n) is 1.50. The highest BCUT2D eigenvalue weighted by Crippen LogP contribution is 2.39. The Labute approximate surface area is 133 Å². The molecule has 0 saturated heterocycles. The maximum Gasteiger partial charge on any atom is 0.416 e. The lowest BCUT2D eigenvalue weighted by atomic mass is 10.2. The summed E-state index contributed by atoms with van der Waals surface area (Å²) in [6.45, 7) is 0. The normalized spacial score (nSPS) is 11.5. The highest BCUT2D eigenvalue weighted by Gasteiger charge is 2.31. The Morgan fingerprint density at radius 2 is 1.48 bits per heavy atom. The second-order valence-electron chi connectivity index (χ2n) is 4.05. The first kappa shape index (κ1) is 16.1. The van der Waals surface area contributed by atoms with Gasteiger partial charge >= 0.3 is 6.18 Å². The Hall–Kier alpha value is -1.30. The number of rotatable bonds is 2. The summed E-state index contributed by atoms with van der Waals surface area (Å²) in [5, 5.41) is 0.199. The van der Waals surface area contributed by atoms with Crippen LogP contribution in [-0.4, -0.2) is 0 Å². The standard InChI is InChI=1S/C13H7Cl3F3NO/c14-7-4-9(16)12(5-10(7)20)21-11-2-1-6(3-8(11)15)13(17,18)19/h1-5H,20H2. The molecule has 0 radical (unpaired) electrons. The second kappa shape index (κ2) is 5.83. The van der Waals surface area contributed by atoms with E-state index in [4.69, 9.17) is 45.3 Å². The van der Waals surface area contributed by atoms with Crippen molar-refractivity contribution in [1.82, 2.24) is 0 Å². The molecule has 0 aliphatic carbocycles. The number of nitrogens with two attached hydrogens (primary N) is 1. The monoisotopic (exact) mass is 355 g/mol. The third kappa shape index (κ3) is 3.67. The van der Waals surface area contributed by atoms with Gasteiger partial charge in [0.05, 0.1) is 26.3 Å². The molecule has 0 aliphatic heterocycles. The topological polar surface area (TPSA) is 35.2 Å². The van der Waals surface area contributed by atoms with Crippen LogP contribution in [0.15, 0.2) is 30.3 Å². The molecule has 0 amide bonds. The smallest absolute Gasteiger partial charge is 0.416 e. The zero-order valence-electron chi connectivity index (χ0n) is 10.1. The molecule has 0 bridgehead atoms. The van der Waals surface area contributed by atoms with E-state index in [-0.39, 0.29) is 32.3 Å². The van der Waals surface area contributed by atoms with Gasteiger partial charge in [-0.25, -0.2) is 0 Å². The molecule has 0 aliphatic rings. The number of hydrogen-bond donors (Lipinski definition) is 1. The lowest BCUT2D eigenvalue weighted by Crippen LogP contribution is -2.04. The second-order valence-corrected chi connectivity index (χ2v) is 5.27. The summed E-state index contributed by atoms with van der Waals surface area (Å²) < 4.78 is 43.0. The maximum absolute atomic E-state index is 12.5. The van der Waals surface area contributed by atoms with Crippen molar-refractivity contribution < 1.29 is 17.9 Å². The van der Waals surface area contributed by atoms with E-state index in [1.165, 1.54) is 12.1 Å². The van der Waals surface area contributed by atoms with Gasteiger partial charge in [0.15, 0.2) is 0 Å². The zero-order chi connectivity index (χ0) is 15.8. The SMILES string of the molecule is Nc1cc(Oc2ccc(C(F)(F)F)cc2Cl)c(Cl)cc1Cl. The molecule has 0 spiro atoms. The number of nitrogen functional groups attached to an aromatic ring is 1. The molecular weight excluding hydrogens is 350 g/mol. The average molecular weight is 357 g/mol. The largest absolute Gasteiger partial charge is 0.454 e. The van der Waals surface area contributed by atoms with Crippen molar-refractivity contribution in [3.8, 4) is 11.5 Å². The van der Waals surface area contributed by atoms with Crippen LogP contribution in [0.1, 0.15) is 5.56 Å². The Morgan fingerprint density at radius 3 is 2.05 bits per heavy atom. The van der Waals surface area contributed by atoms with E-state index in [9.17, 15) is 13.2 Å². The molecule has 21 heavy (non-hydrogen) atoms. The Morgan fingerprint density at radius 1 is 0.857 bits per heavy atom. The average Bonchev–Trinajstić information content (AvgIpc) is 2.36. The molecule has 2 aromatic carbocycles. The molecule has 2 N–H and O–H groups in total. The zero-order valence-corrected chi connectivity index (χ0v) is 12.4. The van der Waals surface area contributed by atoms with E-state index in [1.807, 2.05) is 0 Å². The van der Waals surface area contributed by atoms with Crippen molar-refractivity contribution in [3.05, 3.63) is 51.0 Å². The molecular formula is C13H7Cl3F3NO. The molecule has 0 aromatic heterocycles. The lowest BCUT2D eigenvalue weighted by Gasteiger charge is -2.12. The van der Waals surface area contributed by atoms with Crippen molar-refractivity contribution in [2.24, 2.45) is 0 Å². The number of benzene rings is 2. The Kier molecular flexibility index (Phi) is 4.46. The van der Waals surface area contributed by atoms with E-state index < -0.39 is 11.7 Å². The number of halogens is 6. The van der Waals surface area contributed by atoms with Gasteiger partial charge in [-0.1, -0.05) is 34.8 Å². The first-order valence-electron chi connectivity index (χ1n) is 5.47. The Balaban J connectivity index is 2.35. The quantitative estimate of drug-likeness (QED) is 0.666. The molecule has 0 heterocycles. The molecule has 2 aromatic rings. The van der Waals surface area contributed by atoms with Crippen LogP contribution in [-0.2, 0) is 6.18 Å². The van der Waals surface area contributed by atoms with Gasteiger partial charge in [0.2, 0.25) is 0 Å². The minimum Gasteiger partial charge on any atom is -0.454 e. The maximum atomic E-state index is 12.5. The summed E-state index contributed by atoms with van der Waals surface area (Å²) in [6, 6.07) is 5.45. The summed E-state index contributed by atoms with van der Waals surface area (Å²) >= 11 is 17.5. The van der Waals surface area contributed by atoms with Crippen LogP contribution in [0.2, 0.25) is 15.1 Å². The molecule has 8 heteroatoms. The number of alkyl halides is 3. The lowest BCUT2D eigenvalue weighted by molar-refractivity contribution is -0.137. The molecule has 112 valence electrons. The van der Waals surface area contributed by atoms with Gasteiger partial charge in [0.25, 0.3) is 0 Å². The van der Waals surface area contributed by atoms with Gasteiger partial charge in [-0.15, -0.1) is 0 Å². The number of ether oxygens (including phenoxy) is 1. The van der Waals surface area contributed by atoms with Crippen molar-refractivity contribution >= 4 is 40.5 Å². The molecule has 0 atom stereocenters. The molecule has 2 rings (SSSR count). The van der Waals surface area contributed by atoms with Crippen LogP contribution < -0.4 is 10.5 Å². The number of anilines is 1. The fraction of sp³-hybridized carbons (Fsp3) is 0.0769. The predicted octanol–water partition coefficient (Wildman–Crippen LogP) is 6.04. The molecule has 2 nitrogen and oxygen atoms in total. The van der Waals surface area contributed by atoms with Crippen LogP contribution in [0.4, 0.5) is 18.9 Å². The summed E-state index contributed by atoms with van der Waals surface area (Å²) in [4.78, 5) is 0. The van der Waals surface area contributed by atoms with Gasteiger partial charge < -0.3 is 10.5 Å². The first-order chi connectivity index (χ1) is 9.68. The van der Waals surface area contributed by atoms with E-state index in [0.717, 1.165) is 18.2 Å². The van der Waals surface area contributed by atoms with Crippen LogP contribution in [0, 0.1) is 0 Å². The number of hydrogen-bond acceptors (Lipinski definition) is 2. The van der Waals surface area contributed by atoms with Gasteiger partial charge in [-0.3, -0.25) is 0 Å². The van der Waals surface area contributed by atoms with Crippen LogP contribution >= 0.6 is 34.8 Å². The van der Waals surface area contributed by atoms with Crippen molar-refractivity contribution in [2.75, 3.05) is 5.73 Å². The van der Waals surface area contributed by atoms with Gasteiger partial charge in [0, 0.05) is 6.07 Å².